The number of benzene rings is 2. The van der Waals surface area contributed by atoms with E-state index >= 15 is 0 Å². The number of anilines is 1. The van der Waals surface area contributed by atoms with Gasteiger partial charge in [-0.1, -0.05) is 81.1 Å². The van der Waals surface area contributed by atoms with Gasteiger partial charge in [0.05, 0.1) is 39.7 Å². The zero-order valence-corrected chi connectivity index (χ0v) is 35.2. The molecule has 4 aromatic heterocycles. The average molecular weight is 801 g/mol. The van der Waals surface area contributed by atoms with Crippen LogP contribution in [0.4, 0.5) is 11.4 Å². The molecule has 2 aliphatic carbocycles. The summed E-state index contributed by atoms with van der Waals surface area (Å²) in [6.07, 6.45) is 31.2. The Balaban J connectivity index is 0.00000242. The van der Waals surface area contributed by atoms with Gasteiger partial charge in [0.25, 0.3) is 0 Å². The van der Waals surface area contributed by atoms with Crippen molar-refractivity contribution in [2.75, 3.05) is 4.90 Å². The molecule has 2 aliphatic heterocycles. The fourth-order valence-electron chi connectivity index (χ4n) is 8.28. The summed E-state index contributed by atoms with van der Waals surface area (Å²) in [7, 11) is 0. The highest BCUT2D eigenvalue weighted by Crippen LogP contribution is 2.43. The molecule has 6 aromatic rings. The molecule has 0 saturated carbocycles. The van der Waals surface area contributed by atoms with Crippen molar-refractivity contribution in [3.8, 4) is 22.4 Å². The molecule has 0 atom stereocenters. The second-order valence-electron chi connectivity index (χ2n) is 14.6. The summed E-state index contributed by atoms with van der Waals surface area (Å²) in [4.78, 5) is 21.6. The van der Waals surface area contributed by atoms with E-state index in [1.807, 2.05) is 99.4 Å². The van der Waals surface area contributed by atoms with Crippen molar-refractivity contribution < 1.29 is 0 Å². The number of hydrogen-bond acceptors (Lipinski definition) is 5. The third-order valence-corrected chi connectivity index (χ3v) is 10.9. The molecule has 6 heteroatoms. The molecule has 0 saturated heterocycles. The van der Waals surface area contributed by atoms with Crippen LogP contribution < -0.4 is 4.90 Å². The van der Waals surface area contributed by atoms with Crippen LogP contribution in [0.3, 0.4) is 0 Å². The highest BCUT2D eigenvalue weighted by molar-refractivity contribution is 6.04. The van der Waals surface area contributed by atoms with E-state index in [9.17, 15) is 0 Å². The van der Waals surface area contributed by atoms with E-state index in [1.54, 1.807) is 0 Å². The molecular weight excluding hydrogens is 757 g/mol. The van der Waals surface area contributed by atoms with E-state index in [1.165, 1.54) is 0 Å². The minimum atomic E-state index is 0.823. The maximum absolute atomic E-state index is 4.98. The number of allylic oxidation sites excluding steroid dienone is 13. The van der Waals surface area contributed by atoms with Gasteiger partial charge in [-0.05, 0) is 133 Å². The molecule has 0 unspecified atom stereocenters. The second kappa shape index (κ2) is 17.6. The normalized spacial score (nSPS) is 15.0. The number of aromatic nitrogens is 4. The van der Waals surface area contributed by atoms with E-state index in [2.05, 4.69) is 143 Å². The van der Waals surface area contributed by atoms with Gasteiger partial charge in [0.15, 0.2) is 0 Å². The van der Waals surface area contributed by atoms with Crippen molar-refractivity contribution >= 4 is 51.4 Å². The zero-order chi connectivity index (χ0) is 42.4. The van der Waals surface area contributed by atoms with Crippen LogP contribution in [0.25, 0.3) is 56.2 Å². The predicted octanol–water partition coefficient (Wildman–Crippen LogP) is 13.8. The number of rotatable bonds is 8. The number of hydrogen-bond donors (Lipinski definition) is 0. The Labute approximate surface area is 363 Å². The van der Waals surface area contributed by atoms with Gasteiger partial charge < -0.3 is 9.47 Å². The molecule has 0 N–H and O–H groups in total. The van der Waals surface area contributed by atoms with Gasteiger partial charge >= 0.3 is 0 Å². The van der Waals surface area contributed by atoms with Crippen LogP contribution in [0, 0.1) is 0 Å². The molecule has 0 amide bonds. The molecule has 6 heterocycles. The largest absolute Gasteiger partial charge is 0.311 e. The van der Waals surface area contributed by atoms with Gasteiger partial charge in [0, 0.05) is 64.4 Å². The second-order valence-corrected chi connectivity index (χ2v) is 14.6. The van der Waals surface area contributed by atoms with Gasteiger partial charge in [-0.15, -0.1) is 11.5 Å². The molecule has 0 fully saturated rings. The monoisotopic (exact) mass is 800 g/mol. The molecule has 2 aromatic carbocycles. The van der Waals surface area contributed by atoms with Crippen molar-refractivity contribution in [3.05, 3.63) is 227 Å². The lowest BCUT2D eigenvalue weighted by Gasteiger charge is -2.30. The predicted molar refractivity (Wildman–Crippen MR) is 258 cm³/mol. The molecule has 10 rings (SSSR count). The number of pyridine rings is 3. The molecule has 4 aliphatic rings. The van der Waals surface area contributed by atoms with Gasteiger partial charge in [-0.3, -0.25) is 19.9 Å². The highest BCUT2D eigenvalue weighted by atomic mass is 15.2. The Morgan fingerprint density at radius 1 is 0.742 bits per heavy atom. The van der Waals surface area contributed by atoms with Gasteiger partial charge in [0.2, 0.25) is 0 Å². The maximum atomic E-state index is 4.98. The fourth-order valence-corrected chi connectivity index (χ4v) is 8.28. The summed E-state index contributed by atoms with van der Waals surface area (Å²) in [6, 6.07) is 31.3. The van der Waals surface area contributed by atoms with Gasteiger partial charge in [0.1, 0.15) is 5.69 Å². The Hall–Kier alpha value is -8.10. The summed E-state index contributed by atoms with van der Waals surface area (Å²) >= 11 is 0. The third-order valence-electron chi connectivity index (χ3n) is 10.9. The fraction of sp³-hybridized carbons (Fsp3) is 0.0893. The van der Waals surface area contributed by atoms with Gasteiger partial charge in [-0.2, -0.15) is 0 Å². The van der Waals surface area contributed by atoms with Crippen molar-refractivity contribution in [2.45, 2.75) is 34.1 Å². The molecule has 6 nitrogen and oxygen atoms in total. The van der Waals surface area contributed by atoms with Gasteiger partial charge in [-0.25, -0.2) is 0 Å². The molecule has 62 heavy (non-hydrogen) atoms. The van der Waals surface area contributed by atoms with E-state index in [-0.39, 0.29) is 0 Å². The van der Waals surface area contributed by atoms with Crippen molar-refractivity contribution in [1.82, 2.24) is 19.5 Å². The van der Waals surface area contributed by atoms with E-state index in [4.69, 9.17) is 15.0 Å². The first-order chi connectivity index (χ1) is 30.7. The molecular formula is C56H44N6. The van der Waals surface area contributed by atoms with E-state index < -0.39 is 0 Å². The zero-order valence-electron chi connectivity index (χ0n) is 35.2. The number of nitrogens with zero attached hydrogens (tertiary/aromatic N) is 6. The van der Waals surface area contributed by atoms with Crippen LogP contribution in [0.15, 0.2) is 215 Å². The highest BCUT2D eigenvalue weighted by Gasteiger charge is 2.27. The maximum Gasteiger partial charge on any atom is 0.102 e. The average Bonchev–Trinajstić information content (AvgIpc) is 3.63. The van der Waals surface area contributed by atoms with E-state index in [0.29, 0.717) is 0 Å². The first-order valence-corrected chi connectivity index (χ1v) is 21.1. The van der Waals surface area contributed by atoms with Crippen LogP contribution in [0.2, 0.25) is 0 Å². The first-order valence-electron chi connectivity index (χ1n) is 21.1. The Morgan fingerprint density at radius 2 is 1.50 bits per heavy atom. The van der Waals surface area contributed by atoms with Crippen LogP contribution in [-0.2, 0) is 0 Å². The van der Waals surface area contributed by atoms with Crippen LogP contribution in [0.1, 0.15) is 51.2 Å². The Kier molecular flexibility index (Phi) is 11.2. The summed E-state index contributed by atoms with van der Waals surface area (Å²) in [5.41, 5.74) is 27.3. The van der Waals surface area contributed by atoms with Crippen LogP contribution >= 0.6 is 0 Å². The van der Waals surface area contributed by atoms with E-state index in [0.717, 1.165) is 108 Å². The molecule has 0 radical (unpaired) electrons. The SMILES string of the molecule is CC.CC/C=C(\C=C(/C)n1c2c(c3cc(-c4ccccc4-c4ccccn4)ccc31)N=CC=C=C2)N1C2=C=C(C=C(C3=CC=C=CC=C3c3ccccn3)C=C2)c2ncccc21. The quantitative estimate of drug-likeness (QED) is 0.114. The molecule has 298 valence electrons. The lowest BCUT2D eigenvalue weighted by Crippen LogP contribution is -2.23. The first kappa shape index (κ1) is 39.4. The van der Waals surface area contributed by atoms with Crippen molar-refractivity contribution in [3.63, 3.8) is 0 Å². The Morgan fingerprint density at radius 3 is 2.29 bits per heavy atom. The molecule has 0 spiro atoms. The lowest BCUT2D eigenvalue weighted by atomic mass is 9.92. The van der Waals surface area contributed by atoms with Crippen molar-refractivity contribution in [1.29, 1.82) is 0 Å². The van der Waals surface area contributed by atoms with Crippen LogP contribution in [-0.4, -0.2) is 25.7 Å². The summed E-state index contributed by atoms with van der Waals surface area (Å²) in [5.74, 6) is 0. The topological polar surface area (TPSA) is 59.2 Å². The smallest absolute Gasteiger partial charge is 0.102 e. The number of aliphatic imine (C=N–C) groups is 1. The van der Waals surface area contributed by atoms with Crippen molar-refractivity contribution in [2.24, 2.45) is 4.99 Å². The third kappa shape index (κ3) is 7.39. The minimum absolute atomic E-state index is 0.823. The minimum Gasteiger partial charge on any atom is -0.311 e. The summed E-state index contributed by atoms with van der Waals surface area (Å²) in [6.45, 7) is 8.34. The molecule has 2 bridgehead atoms. The van der Waals surface area contributed by atoms with Crippen LogP contribution in [0.5, 0.6) is 0 Å². The standard InChI is InChI=1S/C54H38N6.C2H6/c1-3-16-41(60-42-27-25-38(34-40(35-42)53-51(60)24-15-32-57-53)43-17-5-4-6-19-45(43)48-21-9-12-29-55-48)33-37(2)59-50-28-26-39(36-47(50)54-52(59)23-11-14-31-58-54)44-18-7-8-20-46(44)49-22-10-13-30-56-49;1-2/h5-10,12-34,36H,3H2,1-2H3;1-2H3/b37-33+,41-16+;. The Bertz CT molecular complexity index is 3180. The lowest BCUT2D eigenvalue weighted by molar-refractivity contribution is 1.06. The summed E-state index contributed by atoms with van der Waals surface area (Å²) < 4.78 is 2.30. The number of fused-ring (bicyclic) bond motifs is 5. The summed E-state index contributed by atoms with van der Waals surface area (Å²) in [5, 5.41) is 1.06.